The highest BCUT2D eigenvalue weighted by atomic mass is 32.2. The van der Waals surface area contributed by atoms with Gasteiger partial charge in [0.25, 0.3) is 5.91 Å². The van der Waals surface area contributed by atoms with Crippen molar-refractivity contribution in [1.29, 1.82) is 0 Å². The van der Waals surface area contributed by atoms with E-state index in [1.807, 2.05) is 20.8 Å². The Balaban J connectivity index is 1.93. The maximum atomic E-state index is 12.5. The SMILES string of the molecule is CS(=O)c1ccc(C(=O)N2CCN(C(=O)OC(C)(C)C)CC2)cc1. The summed E-state index contributed by atoms with van der Waals surface area (Å²) in [6.07, 6.45) is 1.26. The highest BCUT2D eigenvalue weighted by molar-refractivity contribution is 7.84. The molecule has 0 saturated carbocycles. The second kappa shape index (κ2) is 7.34. The fourth-order valence-corrected chi connectivity index (χ4v) is 2.91. The summed E-state index contributed by atoms with van der Waals surface area (Å²) < 4.78 is 16.7. The number of carbonyl (C=O) groups is 2. The fourth-order valence-electron chi connectivity index (χ4n) is 2.39. The first-order chi connectivity index (χ1) is 11.2. The molecule has 2 amide bonds. The molecule has 0 aliphatic carbocycles. The summed E-state index contributed by atoms with van der Waals surface area (Å²) in [7, 11) is -1.06. The Bertz CT molecular complexity index is 629. The summed E-state index contributed by atoms with van der Waals surface area (Å²) in [5.74, 6) is -0.0766. The minimum atomic E-state index is -1.06. The van der Waals surface area contributed by atoms with Crippen LogP contribution in [0.4, 0.5) is 4.79 Å². The summed E-state index contributed by atoms with van der Waals surface area (Å²) in [5, 5.41) is 0. The van der Waals surface area contributed by atoms with Crippen LogP contribution >= 0.6 is 0 Å². The summed E-state index contributed by atoms with van der Waals surface area (Å²) in [6, 6.07) is 6.80. The fraction of sp³-hybridized carbons (Fsp3) is 0.529. The van der Waals surface area contributed by atoms with Gasteiger partial charge in [0.2, 0.25) is 0 Å². The number of nitrogens with zero attached hydrogens (tertiary/aromatic N) is 2. The molecule has 2 rings (SSSR count). The summed E-state index contributed by atoms with van der Waals surface area (Å²) in [6.45, 7) is 7.35. The van der Waals surface area contributed by atoms with Crippen molar-refractivity contribution in [3.8, 4) is 0 Å². The van der Waals surface area contributed by atoms with Crippen LogP contribution in [0.5, 0.6) is 0 Å². The lowest BCUT2D eigenvalue weighted by atomic mass is 10.2. The van der Waals surface area contributed by atoms with E-state index in [1.165, 1.54) is 0 Å². The van der Waals surface area contributed by atoms with Gasteiger partial charge in [0, 0.05) is 53.7 Å². The van der Waals surface area contributed by atoms with Crippen molar-refractivity contribution in [2.75, 3.05) is 32.4 Å². The van der Waals surface area contributed by atoms with Crippen LogP contribution in [0.1, 0.15) is 31.1 Å². The second-order valence-electron chi connectivity index (χ2n) is 6.74. The highest BCUT2D eigenvalue weighted by Gasteiger charge is 2.28. The smallest absolute Gasteiger partial charge is 0.410 e. The van der Waals surface area contributed by atoms with Gasteiger partial charge < -0.3 is 14.5 Å². The molecular formula is C17H24N2O4S. The topological polar surface area (TPSA) is 66.9 Å². The number of amides is 2. The van der Waals surface area contributed by atoms with E-state index in [0.717, 1.165) is 0 Å². The van der Waals surface area contributed by atoms with Crippen LogP contribution in [0, 0.1) is 0 Å². The van der Waals surface area contributed by atoms with Crippen molar-refractivity contribution in [2.24, 2.45) is 0 Å². The van der Waals surface area contributed by atoms with E-state index in [-0.39, 0.29) is 12.0 Å². The highest BCUT2D eigenvalue weighted by Crippen LogP contribution is 2.14. The lowest BCUT2D eigenvalue weighted by Crippen LogP contribution is -2.51. The third-order valence-electron chi connectivity index (χ3n) is 3.65. The molecule has 0 spiro atoms. The average molecular weight is 352 g/mol. The molecule has 1 aliphatic rings. The molecule has 1 aromatic rings. The molecule has 1 unspecified atom stereocenters. The molecular weight excluding hydrogens is 328 g/mol. The van der Waals surface area contributed by atoms with E-state index < -0.39 is 16.4 Å². The van der Waals surface area contributed by atoms with Crippen LogP contribution in [-0.4, -0.2) is 64.0 Å². The molecule has 7 heteroatoms. The first-order valence-electron chi connectivity index (χ1n) is 7.88. The molecule has 0 N–H and O–H groups in total. The van der Waals surface area contributed by atoms with Crippen molar-refractivity contribution >= 4 is 22.8 Å². The van der Waals surface area contributed by atoms with E-state index in [2.05, 4.69) is 0 Å². The van der Waals surface area contributed by atoms with Crippen molar-refractivity contribution < 1.29 is 18.5 Å². The predicted molar refractivity (Wildman–Crippen MR) is 92.5 cm³/mol. The monoisotopic (exact) mass is 352 g/mol. The number of piperazine rings is 1. The number of hydrogen-bond donors (Lipinski definition) is 0. The van der Waals surface area contributed by atoms with Gasteiger partial charge in [-0.2, -0.15) is 0 Å². The lowest BCUT2D eigenvalue weighted by molar-refractivity contribution is 0.0141. The molecule has 0 bridgehead atoms. The zero-order valence-electron chi connectivity index (χ0n) is 14.6. The van der Waals surface area contributed by atoms with E-state index in [9.17, 15) is 13.8 Å². The zero-order valence-corrected chi connectivity index (χ0v) is 15.4. The quantitative estimate of drug-likeness (QED) is 0.818. The molecule has 1 saturated heterocycles. The first-order valence-corrected chi connectivity index (χ1v) is 9.44. The summed E-state index contributed by atoms with van der Waals surface area (Å²) in [4.78, 5) is 28.6. The van der Waals surface area contributed by atoms with Crippen molar-refractivity contribution in [2.45, 2.75) is 31.3 Å². The van der Waals surface area contributed by atoms with Crippen molar-refractivity contribution in [3.63, 3.8) is 0 Å². The van der Waals surface area contributed by atoms with Crippen LogP contribution in [-0.2, 0) is 15.5 Å². The predicted octanol–water partition coefficient (Wildman–Crippen LogP) is 2.12. The number of carbonyl (C=O) groups excluding carboxylic acids is 2. The molecule has 1 aromatic carbocycles. The van der Waals surface area contributed by atoms with Gasteiger partial charge in [-0.05, 0) is 45.0 Å². The van der Waals surface area contributed by atoms with Crippen LogP contribution in [0.2, 0.25) is 0 Å². The van der Waals surface area contributed by atoms with Crippen LogP contribution < -0.4 is 0 Å². The second-order valence-corrected chi connectivity index (χ2v) is 8.12. The number of ether oxygens (including phenoxy) is 1. The van der Waals surface area contributed by atoms with Crippen molar-refractivity contribution in [3.05, 3.63) is 29.8 Å². The third-order valence-corrected chi connectivity index (χ3v) is 4.59. The minimum absolute atomic E-state index is 0.0766. The molecule has 1 heterocycles. The standard InChI is InChI=1S/C17H24N2O4S/c1-17(2,3)23-16(21)19-11-9-18(10-12-19)15(20)13-5-7-14(8-6-13)24(4)22/h5-8H,9-12H2,1-4H3. The molecule has 1 aliphatic heterocycles. The average Bonchev–Trinajstić information content (AvgIpc) is 2.53. The van der Waals surface area contributed by atoms with Crippen LogP contribution in [0.25, 0.3) is 0 Å². The van der Waals surface area contributed by atoms with E-state index >= 15 is 0 Å². The van der Waals surface area contributed by atoms with Gasteiger partial charge in [-0.1, -0.05) is 0 Å². The van der Waals surface area contributed by atoms with Gasteiger partial charge in [0.1, 0.15) is 5.60 Å². The normalized spacial score (nSPS) is 16.7. The van der Waals surface area contributed by atoms with E-state index in [0.29, 0.717) is 36.6 Å². The summed E-state index contributed by atoms with van der Waals surface area (Å²) in [5.41, 5.74) is 0.0421. The van der Waals surface area contributed by atoms with E-state index in [1.54, 1.807) is 40.3 Å². The van der Waals surface area contributed by atoms with Gasteiger partial charge >= 0.3 is 6.09 Å². The molecule has 1 atom stereocenters. The Morgan fingerprint density at radius 1 is 1.00 bits per heavy atom. The molecule has 24 heavy (non-hydrogen) atoms. The Morgan fingerprint density at radius 2 is 1.50 bits per heavy atom. The van der Waals surface area contributed by atoms with Crippen LogP contribution in [0.3, 0.4) is 0 Å². The van der Waals surface area contributed by atoms with Gasteiger partial charge in [0.05, 0.1) is 0 Å². The van der Waals surface area contributed by atoms with Gasteiger partial charge in [-0.15, -0.1) is 0 Å². The van der Waals surface area contributed by atoms with Gasteiger partial charge in [-0.25, -0.2) is 4.79 Å². The lowest BCUT2D eigenvalue weighted by Gasteiger charge is -2.35. The largest absolute Gasteiger partial charge is 0.444 e. The minimum Gasteiger partial charge on any atom is -0.444 e. The molecule has 0 radical (unpaired) electrons. The number of rotatable bonds is 2. The third kappa shape index (κ3) is 4.80. The molecule has 132 valence electrons. The Kier molecular flexibility index (Phi) is 5.64. The Labute approximate surface area is 145 Å². The summed E-state index contributed by atoms with van der Waals surface area (Å²) >= 11 is 0. The maximum absolute atomic E-state index is 12.5. The first kappa shape index (κ1) is 18.4. The molecule has 1 fully saturated rings. The molecule has 6 nitrogen and oxygen atoms in total. The maximum Gasteiger partial charge on any atom is 0.410 e. The van der Waals surface area contributed by atoms with Crippen molar-refractivity contribution in [1.82, 2.24) is 9.80 Å². The van der Waals surface area contributed by atoms with Crippen LogP contribution in [0.15, 0.2) is 29.2 Å². The molecule has 0 aromatic heterocycles. The van der Waals surface area contributed by atoms with Gasteiger partial charge in [0.15, 0.2) is 0 Å². The number of benzene rings is 1. The van der Waals surface area contributed by atoms with Gasteiger partial charge in [-0.3, -0.25) is 9.00 Å². The number of hydrogen-bond acceptors (Lipinski definition) is 4. The Hall–Kier alpha value is -1.89. The van der Waals surface area contributed by atoms with E-state index in [4.69, 9.17) is 4.74 Å². The zero-order chi connectivity index (χ0) is 17.9. The Morgan fingerprint density at radius 3 is 1.96 bits per heavy atom.